The number of carbonyl (C=O) groups is 1. The molecule has 0 fully saturated rings. The number of hydrogen-bond donors (Lipinski definition) is 6. The molecule has 25 nitrogen and oxygen atoms in total. The van der Waals surface area contributed by atoms with E-state index < -0.39 is 145 Å². The molecule has 32 heteroatoms. The van der Waals surface area contributed by atoms with Gasteiger partial charge in [-0.15, -0.1) is 32.1 Å². The molecule has 0 radical (unpaired) electrons. The highest BCUT2D eigenvalue weighted by Crippen LogP contribution is 2.44. The summed E-state index contributed by atoms with van der Waals surface area (Å²) < 4.78 is 187. The molecule has 0 aliphatic carbocycles. The summed E-state index contributed by atoms with van der Waals surface area (Å²) in [5.74, 6) is -3.95. The number of carbonyl (C=O) groups excluding carboxylic acids is 1. The zero-order valence-corrected chi connectivity index (χ0v) is 37.0. The Balaban J connectivity index is 1.91. The van der Waals surface area contributed by atoms with E-state index in [0.717, 1.165) is 18.2 Å². The number of sulfone groups is 2. The van der Waals surface area contributed by atoms with Crippen molar-refractivity contribution in [2.45, 2.75) is 32.4 Å². The molecule has 0 saturated carbocycles. The van der Waals surface area contributed by atoms with E-state index in [4.69, 9.17) is 16.2 Å². The lowest BCUT2D eigenvalue weighted by atomic mass is 10.1. The Bertz CT molecular complexity index is 3250. The summed E-state index contributed by atoms with van der Waals surface area (Å²) in [6.07, 6.45) is -0.754. The number of benzene rings is 4. The molecular formula is C31H31ClN6O19S6. The molecule has 0 saturated heterocycles. The number of hydrogen-bond acceptors (Lipinski definition) is 20. The van der Waals surface area contributed by atoms with Crippen LogP contribution in [0.15, 0.2) is 99.6 Å². The first-order chi connectivity index (χ1) is 29.0. The number of fused-ring (bicyclic) bond motifs is 1. The van der Waals surface area contributed by atoms with E-state index in [0.29, 0.717) is 24.3 Å². The number of amides is 1. The Labute approximate surface area is 363 Å². The van der Waals surface area contributed by atoms with Crippen LogP contribution in [0.4, 0.5) is 34.1 Å². The predicted molar refractivity (Wildman–Crippen MR) is 222 cm³/mol. The second kappa shape index (κ2) is 19.4. The number of aromatic hydroxyl groups is 1. The van der Waals surface area contributed by atoms with Gasteiger partial charge in [-0.1, -0.05) is 6.07 Å². The highest BCUT2D eigenvalue weighted by atomic mass is 35.5. The van der Waals surface area contributed by atoms with Gasteiger partial charge in [0.15, 0.2) is 19.7 Å². The van der Waals surface area contributed by atoms with Crippen molar-refractivity contribution in [3.63, 3.8) is 0 Å². The normalized spacial score (nSPS) is 13.2. The van der Waals surface area contributed by atoms with E-state index in [1.807, 2.05) is 0 Å². The summed E-state index contributed by atoms with van der Waals surface area (Å²) in [5.41, 5.74) is -3.34. The van der Waals surface area contributed by atoms with E-state index >= 15 is 0 Å². The lowest BCUT2D eigenvalue weighted by Gasteiger charge is -2.12. The summed E-state index contributed by atoms with van der Waals surface area (Å²) in [5, 5.41) is 28.0. The van der Waals surface area contributed by atoms with Gasteiger partial charge in [-0.3, -0.25) is 28.0 Å². The molecule has 0 heterocycles. The molecule has 4 aromatic rings. The average Bonchev–Trinajstić information content (AvgIpc) is 3.14. The second-order valence-corrected chi connectivity index (χ2v) is 22.6. The van der Waals surface area contributed by atoms with E-state index in [2.05, 4.69) is 41.7 Å². The molecule has 63 heavy (non-hydrogen) atoms. The number of alkyl halides is 1. The van der Waals surface area contributed by atoms with Gasteiger partial charge in [0.1, 0.15) is 38.3 Å². The minimum Gasteiger partial charge on any atom is -0.507 e. The summed E-state index contributed by atoms with van der Waals surface area (Å²) in [6, 6.07) is 7.19. The van der Waals surface area contributed by atoms with Gasteiger partial charge in [-0.25, -0.2) is 21.0 Å². The van der Waals surface area contributed by atoms with Crippen LogP contribution in [0.2, 0.25) is 0 Å². The van der Waals surface area contributed by atoms with Crippen LogP contribution in [0.25, 0.3) is 10.8 Å². The highest BCUT2D eigenvalue weighted by Gasteiger charge is 2.25. The standard InChI is InChI=1S/C31H31ClN6O19S6/c1-33-22-6-4-18-13-20(60(45,46)47)14-26(39)30(18)31(22)38-37-25-16-23(34-29(40)3-2-10-58(41,42)11-8-32)24(17-28(25)62(51,52)53)36-35-21-7-5-19(15-27(21)61(48,49)50)59(43,44)12-9-57-63(54,55)56/h4-7,13-17,39H,1-3,8-12H2,(H,34,40)(H,45,46,47)(H,48,49,50)(H,51,52,53)(H,54,55,56)/b36-35+,38-37+. The maximum Gasteiger partial charge on any atom is 0.397 e. The SMILES string of the molecule is C=Nc1ccc2cc(S(=O)(=O)O)cc(O)c2c1/N=N/c1cc(NC(=O)CCCS(=O)(=O)CCCl)c(/N=N/c2ccc(S(=O)(=O)CCOS(=O)(=O)O)cc2S(=O)(=O)O)cc1S(=O)(=O)O. The molecule has 0 aromatic heterocycles. The monoisotopic (exact) mass is 1020 g/mol. The number of phenols is 1. The maximum absolute atomic E-state index is 13.1. The number of phenolic OH excluding ortho intramolecular Hbond substituents is 1. The topological polar surface area (TPSA) is 406 Å². The fourth-order valence-electron chi connectivity index (χ4n) is 5.23. The third-order valence-electron chi connectivity index (χ3n) is 8.04. The van der Waals surface area contributed by atoms with Crippen LogP contribution >= 0.6 is 11.6 Å². The minimum absolute atomic E-state index is 0.0585. The first-order valence-electron chi connectivity index (χ1n) is 16.7. The zero-order valence-electron chi connectivity index (χ0n) is 31.4. The first kappa shape index (κ1) is 50.7. The molecule has 0 aliphatic heterocycles. The Morgan fingerprint density at radius 2 is 1.27 bits per heavy atom. The van der Waals surface area contributed by atoms with Crippen LogP contribution in [0.5, 0.6) is 5.75 Å². The van der Waals surface area contributed by atoms with Crippen LogP contribution in [-0.4, -0.2) is 116 Å². The molecule has 1 amide bonds. The Morgan fingerprint density at radius 3 is 1.86 bits per heavy atom. The average molecular weight is 1020 g/mol. The molecule has 0 spiro atoms. The van der Waals surface area contributed by atoms with Gasteiger partial charge in [0, 0.05) is 18.4 Å². The largest absolute Gasteiger partial charge is 0.507 e. The third kappa shape index (κ3) is 13.8. The molecule has 4 aromatic carbocycles. The van der Waals surface area contributed by atoms with E-state index in [-0.39, 0.29) is 34.4 Å². The smallest absolute Gasteiger partial charge is 0.397 e. The Kier molecular flexibility index (Phi) is 15.6. The van der Waals surface area contributed by atoms with Crippen molar-refractivity contribution < 1.29 is 82.8 Å². The number of halogens is 1. The highest BCUT2D eigenvalue weighted by molar-refractivity contribution is 7.92. The molecule has 0 atom stereocenters. The van der Waals surface area contributed by atoms with Crippen molar-refractivity contribution in [3.8, 4) is 5.75 Å². The van der Waals surface area contributed by atoms with Gasteiger partial charge in [-0.2, -0.15) is 33.7 Å². The first-order valence-corrected chi connectivity index (χ1v) is 26.4. The van der Waals surface area contributed by atoms with Crippen LogP contribution < -0.4 is 5.32 Å². The van der Waals surface area contributed by atoms with Crippen molar-refractivity contribution in [2.24, 2.45) is 25.4 Å². The molecule has 0 bridgehead atoms. The van der Waals surface area contributed by atoms with Gasteiger partial charge in [0.2, 0.25) is 5.91 Å². The summed E-state index contributed by atoms with van der Waals surface area (Å²) in [4.78, 5) is 13.0. The van der Waals surface area contributed by atoms with Crippen molar-refractivity contribution >= 4 is 130 Å². The van der Waals surface area contributed by atoms with Crippen molar-refractivity contribution in [1.82, 2.24) is 0 Å². The van der Waals surface area contributed by atoms with E-state index in [1.165, 1.54) is 12.1 Å². The molecule has 4 rings (SSSR count). The summed E-state index contributed by atoms with van der Waals surface area (Å²) in [6.45, 7) is 2.26. The van der Waals surface area contributed by atoms with Gasteiger partial charge >= 0.3 is 10.4 Å². The fourth-order valence-corrected chi connectivity index (χ4v) is 10.4. The summed E-state index contributed by atoms with van der Waals surface area (Å²) in [7, 11) is -28.9. The van der Waals surface area contributed by atoms with Gasteiger partial charge in [0.25, 0.3) is 30.4 Å². The second-order valence-electron chi connectivity index (χ2n) is 12.5. The fraction of sp³-hybridized carbons (Fsp3) is 0.226. The van der Waals surface area contributed by atoms with Gasteiger partial charge in [0.05, 0.1) is 50.4 Å². The summed E-state index contributed by atoms with van der Waals surface area (Å²) >= 11 is 5.51. The molecule has 342 valence electrons. The number of rotatable bonds is 20. The van der Waals surface area contributed by atoms with Crippen LogP contribution in [0.3, 0.4) is 0 Å². The van der Waals surface area contributed by atoms with Crippen molar-refractivity contribution in [2.75, 3.05) is 35.1 Å². The Morgan fingerprint density at radius 1 is 0.667 bits per heavy atom. The lowest BCUT2D eigenvalue weighted by Crippen LogP contribution is -2.16. The lowest BCUT2D eigenvalue weighted by molar-refractivity contribution is -0.116. The quantitative estimate of drug-likeness (QED) is 0.0309. The van der Waals surface area contributed by atoms with Crippen molar-refractivity contribution in [1.29, 1.82) is 0 Å². The number of nitrogens with zero attached hydrogens (tertiary/aromatic N) is 5. The third-order valence-corrected chi connectivity index (χ3v) is 14.9. The van der Waals surface area contributed by atoms with Crippen molar-refractivity contribution in [3.05, 3.63) is 54.6 Å². The zero-order chi connectivity index (χ0) is 47.3. The number of anilines is 1. The van der Waals surface area contributed by atoms with Gasteiger partial charge in [-0.05, 0) is 61.0 Å². The number of aliphatic imine (C=N–C) groups is 1. The van der Waals surface area contributed by atoms with E-state index in [9.17, 15) is 74.1 Å². The Hall–Kier alpha value is -4.93. The number of nitrogens with one attached hydrogen (secondary N) is 1. The van der Waals surface area contributed by atoms with Crippen LogP contribution in [0.1, 0.15) is 12.8 Å². The maximum atomic E-state index is 13.1. The molecule has 0 unspecified atom stereocenters. The van der Waals surface area contributed by atoms with Crippen LogP contribution in [0, 0.1) is 0 Å². The van der Waals surface area contributed by atoms with Gasteiger partial charge < -0.3 is 10.4 Å². The molecule has 0 aliphatic rings. The minimum atomic E-state index is -5.37. The van der Waals surface area contributed by atoms with E-state index in [1.54, 1.807) is 0 Å². The molecule has 6 N–H and O–H groups in total. The predicted octanol–water partition coefficient (Wildman–Crippen LogP) is 4.41. The molecular weight excluding hydrogens is 988 g/mol. The number of azo groups is 2. The van der Waals surface area contributed by atoms with Crippen LogP contribution in [-0.2, 0) is 69.4 Å².